The van der Waals surface area contributed by atoms with E-state index in [4.69, 9.17) is 47.6 Å². The molecule has 0 aliphatic carbocycles. The lowest BCUT2D eigenvalue weighted by Gasteiger charge is -2.27. The smallest absolute Gasteiger partial charge is 0.416 e. The molecule has 8 aliphatic heterocycles. The number of quaternary nitrogens is 2. The molecule has 8 heterocycles. The molecule has 17 nitrogen and oxygen atoms in total. The summed E-state index contributed by atoms with van der Waals surface area (Å²) in [7, 11) is 4.14. The molecule has 0 bridgehead atoms. The molecular weight excluding hydrogens is 2080 g/mol. The summed E-state index contributed by atoms with van der Waals surface area (Å²) in [5.41, 5.74) is 14.3. The number of carbonyl (C=O) groups excluding carboxylic acids is 4. The molecule has 0 aromatic heterocycles. The number of para-hydroxylation sites is 1. The number of ketones is 2. The van der Waals surface area contributed by atoms with Crippen LogP contribution in [0.15, 0.2) is 270 Å². The molecule has 30 heteroatoms. The van der Waals surface area contributed by atoms with Crippen molar-refractivity contribution in [2.45, 2.75) is 214 Å². The molecule has 4 atom stereocenters. The molecule has 0 radical (unpaired) electrons. The molecule has 8 aliphatic rings. The number of benzene rings is 9. The lowest BCUT2D eigenvalue weighted by Crippen LogP contribution is -3.10. The third kappa shape index (κ3) is 24.4. The van der Waals surface area contributed by atoms with E-state index in [1.807, 2.05) is 120 Å². The normalized spacial score (nSPS) is 20.6. The van der Waals surface area contributed by atoms with Crippen LogP contribution in [0.4, 0.5) is 66.2 Å². The van der Waals surface area contributed by atoms with Crippen LogP contribution in [0.1, 0.15) is 200 Å². The number of likely N-dealkylation sites (N-methyl/N-ethyl adjacent to an activating group) is 2. The number of hydrogen-bond acceptors (Lipinski definition) is 15. The molecule has 17 rings (SSSR count). The van der Waals surface area contributed by atoms with E-state index in [0.29, 0.717) is 75.0 Å². The first-order chi connectivity index (χ1) is 69.1. The first-order valence-electron chi connectivity index (χ1n) is 49.7. The van der Waals surface area contributed by atoms with Crippen molar-refractivity contribution >= 4 is 176 Å². The minimum Gasteiger partial charge on any atom is -1.00 e. The number of alkyl halides is 8. The summed E-state index contributed by atoms with van der Waals surface area (Å²) in [5.74, 6) is -0.748. The van der Waals surface area contributed by atoms with Gasteiger partial charge in [0.1, 0.15) is 32.1 Å². The van der Waals surface area contributed by atoms with Gasteiger partial charge < -0.3 is 52.1 Å². The van der Waals surface area contributed by atoms with Crippen LogP contribution in [-0.2, 0) is 86.5 Å². The van der Waals surface area contributed by atoms with Crippen molar-refractivity contribution in [3.8, 4) is 0 Å². The quantitative estimate of drug-likeness (QED) is 0.0135. The maximum Gasteiger partial charge on any atom is 0.416 e. The van der Waals surface area contributed by atoms with Crippen LogP contribution < -0.4 is 51.7 Å². The highest BCUT2D eigenvalue weighted by molar-refractivity contribution is 8.27. The standard InChI is InChI=1S/C55H59F3N4O4S2.C36H40F3N3O2S2.C25H26N2O2.C2H4Cl2.CH4.BrH/c1-33(2)25-27-60-42-22-19-36(55(56,57)58)31-40(42)53(5,6)47(60)24-23-44-50(66)62(51(67)68-44)32-37(63)29-34-17-20-41-39(30-34)52(3,4)45(59(41)9)15-12-16-46-54(7,8)49-38-14-11-10-13-35(38)18-21-43(49)61(46)28-26-48(64)65;1-21(2)15-16-41-29-12-10-24(36(37,38)39)19-27(29)35(6,7)31(41)14-13-30-32(44)42(33(45)46-30)20-25(43)17-23-9-11-28-26(18-23)34(4,5)22(3)40(28)8;1-25(2)22(14-16-26-19-9-4-3-5-10-19)27(17-15-23(28)29)21-13-12-18-8-6-7-11-20(18)24(21)25;3-1-2-4;;/h10-24,30-31,33,45H,25-29,32H2,1-9H3,(H,64,65);9-14,18-19,21H,3,15-17,20H2,1-2,4-8H3;3-14,16,22,26H,15,17H2,1-2H3,(H,28,29);1-2H2;1H4;1H/p+1/b15-12+,44-23+,46-16+,47-24-;30-13+,31-14-;16-14+;;;. The lowest BCUT2D eigenvalue weighted by molar-refractivity contribution is -0.849. The summed E-state index contributed by atoms with van der Waals surface area (Å²) >= 11 is 23.5. The van der Waals surface area contributed by atoms with Crippen LogP contribution in [0.2, 0.25) is 0 Å². The Morgan fingerprint density at radius 2 is 0.933 bits per heavy atom. The lowest BCUT2D eigenvalue weighted by atomic mass is 9.78. The molecular formula is C119H135BrCl2F6N9O8S4+. The first-order valence-corrected chi connectivity index (χ1v) is 53.3. The van der Waals surface area contributed by atoms with E-state index >= 15 is 0 Å². The van der Waals surface area contributed by atoms with Crippen molar-refractivity contribution in [3.63, 3.8) is 0 Å². The fraction of sp³-hybridized carbons (Fsp3) is 0.378. The zero-order valence-electron chi connectivity index (χ0n) is 86.9. The Morgan fingerprint density at radius 3 is 1.42 bits per heavy atom. The highest BCUT2D eigenvalue weighted by Crippen LogP contribution is 2.56. The number of carboxylic acids is 2. The number of amides is 2. The molecule has 0 saturated carbocycles. The molecule has 2 amide bonds. The van der Waals surface area contributed by atoms with Gasteiger partial charge in [-0.15, -0.1) is 23.2 Å². The van der Waals surface area contributed by atoms with E-state index in [1.54, 1.807) is 24.3 Å². The number of aliphatic carboxylic acids is 2. The second-order valence-corrected chi connectivity index (χ2v) is 47.0. The maximum absolute atomic E-state index is 13.8. The maximum atomic E-state index is 13.8. The fourth-order valence-corrected chi connectivity index (χ4v) is 24.3. The van der Waals surface area contributed by atoms with Crippen molar-refractivity contribution in [1.29, 1.82) is 0 Å². The highest BCUT2D eigenvalue weighted by Gasteiger charge is 2.52. The van der Waals surface area contributed by atoms with E-state index in [0.717, 1.165) is 138 Å². The van der Waals surface area contributed by atoms with Gasteiger partial charge in [-0.25, -0.2) is 0 Å². The van der Waals surface area contributed by atoms with Crippen LogP contribution in [0.3, 0.4) is 0 Å². The van der Waals surface area contributed by atoms with Crippen LogP contribution in [0.5, 0.6) is 0 Å². The van der Waals surface area contributed by atoms with Gasteiger partial charge in [0.15, 0.2) is 11.6 Å². The van der Waals surface area contributed by atoms with Crippen molar-refractivity contribution < 1.29 is 92.1 Å². The summed E-state index contributed by atoms with van der Waals surface area (Å²) < 4.78 is 82.9. The Hall–Kier alpha value is -10.9. The van der Waals surface area contributed by atoms with Crippen LogP contribution >= 0.6 is 71.2 Å². The highest BCUT2D eigenvalue weighted by atomic mass is 79.9. The molecule has 2 saturated heterocycles. The van der Waals surface area contributed by atoms with E-state index in [1.165, 1.54) is 59.3 Å². The average Bonchev–Trinajstić information content (AvgIpc) is 1.56. The number of anilines is 5. The predicted octanol–water partition coefficient (Wildman–Crippen LogP) is 22.7. The Labute approximate surface area is 912 Å². The molecule has 2 fully saturated rings. The molecule has 9 aromatic rings. The Bertz CT molecular complexity index is 6920. The van der Waals surface area contributed by atoms with Gasteiger partial charge in [0.25, 0.3) is 11.8 Å². The summed E-state index contributed by atoms with van der Waals surface area (Å²) in [4.78, 5) is 91.5. The van der Waals surface area contributed by atoms with Gasteiger partial charge in [-0.05, 0) is 229 Å². The third-order valence-corrected chi connectivity index (χ3v) is 33.3. The number of nitrogens with zero attached hydrogens (tertiary/aromatic N) is 6. The van der Waals surface area contributed by atoms with Crippen molar-refractivity contribution in [2.24, 2.45) is 11.8 Å². The van der Waals surface area contributed by atoms with Crippen LogP contribution in [0.25, 0.3) is 21.5 Å². The number of halogens is 9. The summed E-state index contributed by atoms with van der Waals surface area (Å²) in [6, 6.07) is 55.5. The average molecular weight is 2210 g/mol. The van der Waals surface area contributed by atoms with Gasteiger partial charge >= 0.3 is 24.3 Å². The van der Waals surface area contributed by atoms with E-state index in [9.17, 15) is 65.3 Å². The fourth-order valence-electron chi connectivity index (χ4n) is 21.9. The number of nitrogens with one attached hydrogen (secondary N) is 3. The van der Waals surface area contributed by atoms with Gasteiger partial charge in [0, 0.05) is 148 Å². The van der Waals surface area contributed by atoms with Crippen LogP contribution in [0, 0.1) is 11.8 Å². The minimum atomic E-state index is -4.48. The van der Waals surface area contributed by atoms with Crippen molar-refractivity contribution in [3.05, 3.63) is 326 Å². The number of carboxylic acid groups (broad SMARTS) is 2. The molecule has 9 aromatic carbocycles. The first kappa shape index (κ1) is 117. The van der Waals surface area contributed by atoms with E-state index < -0.39 is 46.2 Å². The summed E-state index contributed by atoms with van der Waals surface area (Å²) in [6.07, 6.45) is 10.9. The molecule has 0 spiro atoms. The van der Waals surface area contributed by atoms with Gasteiger partial charge in [-0.3, -0.25) is 48.4 Å². The monoisotopic (exact) mass is 2210 g/mol. The zero-order chi connectivity index (χ0) is 107. The van der Waals surface area contributed by atoms with Crippen molar-refractivity contribution in [2.75, 3.05) is 90.0 Å². The number of carbonyl (C=O) groups is 6. The van der Waals surface area contributed by atoms with Crippen LogP contribution in [-0.4, -0.2) is 141 Å². The third-order valence-electron chi connectivity index (χ3n) is 29.9. The Morgan fingerprint density at radius 1 is 0.497 bits per heavy atom. The van der Waals surface area contributed by atoms with E-state index in [2.05, 4.69) is 219 Å². The second-order valence-electron chi connectivity index (χ2n) is 42.9. The zero-order valence-corrected chi connectivity index (χ0v) is 93.3. The number of fused-ring (bicyclic) bond motifs is 10. The Kier molecular flexibility index (Phi) is 36.6. The van der Waals surface area contributed by atoms with Gasteiger partial charge in [-0.1, -0.05) is 242 Å². The second kappa shape index (κ2) is 46.7. The number of Topliss-reactive ketones (excluding diaryl/α,β-unsaturated/α-hetero) is 2. The van der Waals surface area contributed by atoms with Gasteiger partial charge in [0.2, 0.25) is 0 Å². The topological polar surface area (TPSA) is 183 Å². The number of hydrogen-bond donors (Lipinski definition) is 5. The Balaban J connectivity index is 0.000000209. The SMILES string of the molecule is C.C=C1N(C)c2ccc(CC(=O)CN3C(=O)/C(=C\C=C4/N(CCC(C)C)c5ccc(C(F)(F)F)cc5C4(C)C)SC3=S)cc2C1(C)C.CC(C)CCN1/C(=C\C=C2\SC(=S)N(CC(=O)Cc3ccc4c(c3)C(C)(C)C(/C=C/C=C3/N(CCC(=O)O)c5ccc6ccccc6c5C3(C)C)[NH+]4C)C2=O)C(C)(C)c2cc(C(F)(F)F)ccc21.CC1(C)c2c(ccc3ccccc23)[NH+](CCC(=O)O)C1/C=C/Nc1ccccc1.ClCCCl.[Br-]. The molecule has 5 N–H and O–H groups in total. The predicted molar refractivity (Wildman–Crippen MR) is 603 cm³/mol. The van der Waals surface area contributed by atoms with Crippen molar-refractivity contribution in [1.82, 2.24) is 9.80 Å². The molecule has 790 valence electrons. The largest absolute Gasteiger partial charge is 1.00 e. The summed E-state index contributed by atoms with van der Waals surface area (Å²) in [6.45, 7) is 39.7. The van der Waals surface area contributed by atoms with Gasteiger partial charge in [0.05, 0.1) is 71.3 Å². The number of thiocarbonyl (C=S) groups is 2. The number of allylic oxidation sites excluding steroid dienone is 10. The molecule has 4 unspecified atom stereocenters. The van der Waals surface area contributed by atoms with Gasteiger partial charge in [-0.2, -0.15) is 26.3 Å². The van der Waals surface area contributed by atoms with E-state index in [-0.39, 0.29) is 125 Å². The minimum absolute atomic E-state index is 0. The molecule has 149 heavy (non-hydrogen) atoms. The number of rotatable bonds is 28. The summed E-state index contributed by atoms with van der Waals surface area (Å²) in [5, 5.41) is 27.1. The number of thioether (sulfide) groups is 2.